The Bertz CT molecular complexity index is 877. The topological polar surface area (TPSA) is 132 Å². The molecule has 28 heavy (non-hydrogen) atoms. The second-order valence-electron chi connectivity index (χ2n) is 6.09. The first kappa shape index (κ1) is 19.1. The van der Waals surface area contributed by atoms with Crippen molar-refractivity contribution >= 4 is 29.2 Å². The molecule has 1 aromatic heterocycles. The van der Waals surface area contributed by atoms with E-state index in [9.17, 15) is 24.5 Å². The van der Waals surface area contributed by atoms with E-state index >= 15 is 0 Å². The van der Waals surface area contributed by atoms with Crippen molar-refractivity contribution in [2.75, 3.05) is 18.5 Å². The molecule has 10 nitrogen and oxygen atoms in total. The van der Waals surface area contributed by atoms with Crippen LogP contribution in [0.15, 0.2) is 47.1 Å². The molecule has 146 valence electrons. The highest BCUT2D eigenvalue weighted by atomic mass is 16.6. The van der Waals surface area contributed by atoms with Crippen LogP contribution in [0.1, 0.15) is 23.4 Å². The molecule has 2 heterocycles. The number of hydrogen-bond acceptors (Lipinski definition) is 7. The summed E-state index contributed by atoms with van der Waals surface area (Å²) in [6.07, 6.45) is 2.45. The first-order valence-electron chi connectivity index (χ1n) is 8.51. The fraction of sp³-hybridized carbons (Fsp3) is 0.278. The van der Waals surface area contributed by atoms with Crippen molar-refractivity contribution in [3.05, 3.63) is 58.5 Å². The van der Waals surface area contributed by atoms with Gasteiger partial charge in [-0.05, 0) is 37.1 Å². The molecule has 1 aliphatic heterocycles. The zero-order valence-electron chi connectivity index (χ0n) is 14.7. The molecule has 10 heteroatoms. The molecule has 1 aromatic carbocycles. The van der Waals surface area contributed by atoms with Crippen LogP contribution in [0.5, 0.6) is 0 Å². The largest absolute Gasteiger partial charge is 0.459 e. The molecule has 2 aromatic rings. The number of amides is 2. The standard InChI is InChI=1S/C18H17N3O7/c22-16(19-12-5-7-13(8-6-12)21(25)26)11-28-18(24)14-3-1-9-20(14)17(23)15-4-2-10-27-15/h2,4-8,10,14H,1,3,9,11H2,(H,19,22). The molecule has 0 spiro atoms. The molecule has 0 saturated carbocycles. The maximum atomic E-state index is 12.4. The summed E-state index contributed by atoms with van der Waals surface area (Å²) in [5, 5.41) is 13.1. The molecular weight excluding hydrogens is 370 g/mol. The molecule has 1 aliphatic rings. The number of non-ortho nitro benzene ring substituents is 1. The van der Waals surface area contributed by atoms with Gasteiger partial charge in [0.15, 0.2) is 12.4 Å². The number of nitrogens with one attached hydrogen (secondary N) is 1. The van der Waals surface area contributed by atoms with Gasteiger partial charge in [0.2, 0.25) is 0 Å². The summed E-state index contributed by atoms with van der Waals surface area (Å²) in [5.41, 5.74) is 0.231. The van der Waals surface area contributed by atoms with Gasteiger partial charge in [0.25, 0.3) is 17.5 Å². The molecule has 0 bridgehead atoms. The smallest absolute Gasteiger partial charge is 0.329 e. The third-order valence-corrected chi connectivity index (χ3v) is 4.23. The van der Waals surface area contributed by atoms with E-state index in [1.165, 1.54) is 41.5 Å². The number of carbonyl (C=O) groups excluding carboxylic acids is 3. The molecule has 1 atom stereocenters. The molecule has 3 rings (SSSR count). The fourth-order valence-corrected chi connectivity index (χ4v) is 2.89. The van der Waals surface area contributed by atoms with E-state index in [2.05, 4.69) is 5.32 Å². The number of benzene rings is 1. The average molecular weight is 387 g/mol. The van der Waals surface area contributed by atoms with Gasteiger partial charge in [-0.15, -0.1) is 0 Å². The van der Waals surface area contributed by atoms with Crippen LogP contribution in [-0.2, 0) is 14.3 Å². The zero-order chi connectivity index (χ0) is 20.1. The predicted octanol–water partition coefficient (Wildman–Crippen LogP) is 1.97. The molecule has 1 saturated heterocycles. The molecule has 2 amide bonds. The number of esters is 1. The highest BCUT2D eigenvalue weighted by Gasteiger charge is 2.36. The first-order chi connectivity index (χ1) is 13.5. The van der Waals surface area contributed by atoms with Crippen molar-refractivity contribution in [1.29, 1.82) is 0 Å². The molecule has 1 fully saturated rings. The maximum Gasteiger partial charge on any atom is 0.329 e. The lowest BCUT2D eigenvalue weighted by atomic mass is 10.2. The van der Waals surface area contributed by atoms with Gasteiger partial charge in [0.05, 0.1) is 11.2 Å². The Morgan fingerprint density at radius 1 is 1.25 bits per heavy atom. The summed E-state index contributed by atoms with van der Waals surface area (Å²) in [7, 11) is 0. The number of carbonyl (C=O) groups is 3. The normalized spacial score (nSPS) is 15.9. The minimum absolute atomic E-state index is 0.105. The van der Waals surface area contributed by atoms with E-state index in [4.69, 9.17) is 9.15 Å². The number of rotatable bonds is 6. The minimum Gasteiger partial charge on any atom is -0.459 e. The predicted molar refractivity (Wildman–Crippen MR) is 95.5 cm³/mol. The lowest BCUT2D eigenvalue weighted by Crippen LogP contribution is -2.42. The van der Waals surface area contributed by atoms with Crippen molar-refractivity contribution in [1.82, 2.24) is 4.90 Å². The van der Waals surface area contributed by atoms with Crippen molar-refractivity contribution in [3.63, 3.8) is 0 Å². The SMILES string of the molecule is O=C(COC(=O)C1CCCN1C(=O)c1ccco1)Nc1ccc([N+](=O)[O-])cc1. The molecule has 0 radical (unpaired) electrons. The Morgan fingerprint density at radius 3 is 2.64 bits per heavy atom. The molecule has 0 aliphatic carbocycles. The number of hydrogen-bond donors (Lipinski definition) is 1. The highest BCUT2D eigenvalue weighted by molar-refractivity contribution is 5.96. The van der Waals surface area contributed by atoms with Crippen molar-refractivity contribution in [2.45, 2.75) is 18.9 Å². The van der Waals surface area contributed by atoms with Crippen LogP contribution in [0.25, 0.3) is 0 Å². The summed E-state index contributed by atoms with van der Waals surface area (Å²) in [4.78, 5) is 48.0. The van der Waals surface area contributed by atoms with Crippen LogP contribution >= 0.6 is 0 Å². The van der Waals surface area contributed by atoms with Gasteiger partial charge in [-0.3, -0.25) is 19.7 Å². The Balaban J connectivity index is 1.52. The second-order valence-corrected chi connectivity index (χ2v) is 6.09. The molecule has 1 unspecified atom stereocenters. The number of ether oxygens (including phenoxy) is 1. The van der Waals surface area contributed by atoms with E-state index in [-0.39, 0.29) is 11.4 Å². The number of nitrogens with zero attached hydrogens (tertiary/aromatic N) is 2. The number of nitro groups is 1. The van der Waals surface area contributed by atoms with Crippen LogP contribution in [0.3, 0.4) is 0 Å². The second kappa shape index (κ2) is 8.33. The van der Waals surface area contributed by atoms with Crippen molar-refractivity contribution < 1.29 is 28.5 Å². The van der Waals surface area contributed by atoms with Crippen molar-refractivity contribution in [2.24, 2.45) is 0 Å². The van der Waals surface area contributed by atoms with Gasteiger partial charge >= 0.3 is 5.97 Å². The number of nitro benzene ring substituents is 1. The summed E-state index contributed by atoms with van der Waals surface area (Å²) in [6, 6.07) is 7.57. The fourth-order valence-electron chi connectivity index (χ4n) is 2.89. The van der Waals surface area contributed by atoms with Gasteiger partial charge in [-0.25, -0.2) is 4.79 Å². The Morgan fingerprint density at radius 2 is 2.00 bits per heavy atom. The van der Waals surface area contributed by atoms with Gasteiger partial charge < -0.3 is 19.4 Å². The van der Waals surface area contributed by atoms with E-state index in [0.29, 0.717) is 25.1 Å². The number of furan rings is 1. The van der Waals surface area contributed by atoms with E-state index in [1.54, 1.807) is 6.07 Å². The highest BCUT2D eigenvalue weighted by Crippen LogP contribution is 2.21. The van der Waals surface area contributed by atoms with Crippen LogP contribution in [-0.4, -0.2) is 46.8 Å². The lowest BCUT2D eigenvalue weighted by Gasteiger charge is -2.22. The molecular formula is C18H17N3O7. The average Bonchev–Trinajstić information content (AvgIpc) is 3.38. The summed E-state index contributed by atoms with van der Waals surface area (Å²) in [6.45, 7) is -0.136. The summed E-state index contributed by atoms with van der Waals surface area (Å²) in [5.74, 6) is -1.53. The van der Waals surface area contributed by atoms with Gasteiger partial charge in [-0.1, -0.05) is 0 Å². The van der Waals surface area contributed by atoms with Crippen LogP contribution in [0, 0.1) is 10.1 Å². The van der Waals surface area contributed by atoms with E-state index in [1.807, 2.05) is 0 Å². The van der Waals surface area contributed by atoms with E-state index < -0.39 is 35.4 Å². The van der Waals surface area contributed by atoms with Gasteiger partial charge in [0, 0.05) is 24.4 Å². The monoisotopic (exact) mass is 387 g/mol. The van der Waals surface area contributed by atoms with Crippen LogP contribution < -0.4 is 5.32 Å². The number of likely N-dealkylation sites (tertiary alicyclic amines) is 1. The minimum atomic E-state index is -0.773. The first-order valence-corrected chi connectivity index (χ1v) is 8.51. The summed E-state index contributed by atoms with van der Waals surface area (Å²) >= 11 is 0. The van der Waals surface area contributed by atoms with Gasteiger partial charge in [0.1, 0.15) is 6.04 Å². The van der Waals surface area contributed by atoms with Crippen LogP contribution in [0.4, 0.5) is 11.4 Å². The maximum absolute atomic E-state index is 12.4. The quantitative estimate of drug-likeness (QED) is 0.455. The Labute approximate surface area is 159 Å². The van der Waals surface area contributed by atoms with Crippen LogP contribution in [0.2, 0.25) is 0 Å². The summed E-state index contributed by atoms with van der Waals surface area (Å²) < 4.78 is 10.1. The van der Waals surface area contributed by atoms with E-state index in [0.717, 1.165) is 0 Å². The molecule has 1 N–H and O–H groups in total. The third kappa shape index (κ3) is 4.34. The van der Waals surface area contributed by atoms with Crippen molar-refractivity contribution in [3.8, 4) is 0 Å². The van der Waals surface area contributed by atoms with Gasteiger partial charge in [-0.2, -0.15) is 0 Å². The lowest BCUT2D eigenvalue weighted by molar-refractivity contribution is -0.384. The third-order valence-electron chi connectivity index (χ3n) is 4.23. The zero-order valence-corrected chi connectivity index (χ0v) is 14.7. The Kier molecular flexibility index (Phi) is 5.68. The Hall–Kier alpha value is -3.69. The number of anilines is 1.